The van der Waals surface area contributed by atoms with Gasteiger partial charge < -0.3 is 4.74 Å². The van der Waals surface area contributed by atoms with E-state index in [-0.39, 0.29) is 5.30 Å². The van der Waals surface area contributed by atoms with E-state index in [1.54, 1.807) is 0 Å². The number of carbonyl (C=O) groups is 1. The second kappa shape index (κ2) is 6.30. The van der Waals surface area contributed by atoms with Crippen LogP contribution in [0.3, 0.4) is 0 Å². The first kappa shape index (κ1) is 10.9. The minimum atomic E-state index is -0.143. The molecule has 76 valence electrons. The maximum absolute atomic E-state index is 10.8. The van der Waals surface area contributed by atoms with Gasteiger partial charge in [-0.25, -0.2) is 4.79 Å². The van der Waals surface area contributed by atoms with Crippen molar-refractivity contribution in [3.8, 4) is 0 Å². The molecule has 1 aliphatic carbocycles. The lowest BCUT2D eigenvalue weighted by Crippen LogP contribution is -2.07. The summed E-state index contributed by atoms with van der Waals surface area (Å²) in [5.74, 6) is 1.79. The summed E-state index contributed by atoms with van der Waals surface area (Å²) in [7, 11) is 1.44. The molecule has 0 aromatic rings. The fraction of sp³-hybridized carbons (Fsp3) is 0.900. The monoisotopic (exact) mass is 202 g/mol. The van der Waals surface area contributed by atoms with E-state index in [9.17, 15) is 4.79 Å². The lowest BCUT2D eigenvalue weighted by Gasteiger charge is -2.20. The normalized spacial score (nSPS) is 18.5. The number of hydrogen-bond donors (Lipinski definition) is 0. The molecule has 0 amide bonds. The van der Waals surface area contributed by atoms with E-state index in [4.69, 9.17) is 0 Å². The van der Waals surface area contributed by atoms with Crippen LogP contribution in [0.2, 0.25) is 0 Å². The van der Waals surface area contributed by atoms with E-state index in [0.717, 1.165) is 11.7 Å². The molecule has 1 rings (SSSR count). The molecule has 0 unspecified atom stereocenters. The Morgan fingerprint density at radius 1 is 1.38 bits per heavy atom. The molecule has 1 aliphatic rings. The minimum Gasteiger partial charge on any atom is -0.461 e. The molecule has 0 atom stereocenters. The summed E-state index contributed by atoms with van der Waals surface area (Å²) in [6, 6.07) is 0. The average molecular weight is 202 g/mol. The molecular weight excluding hydrogens is 184 g/mol. The molecule has 2 nitrogen and oxygen atoms in total. The van der Waals surface area contributed by atoms with Crippen molar-refractivity contribution in [1.29, 1.82) is 0 Å². The molecule has 13 heavy (non-hydrogen) atoms. The zero-order valence-corrected chi connectivity index (χ0v) is 9.07. The maximum Gasteiger partial charge on any atom is 0.367 e. The highest BCUT2D eigenvalue weighted by molar-refractivity contribution is 8.13. The SMILES string of the molecule is COC(=O)SCCC1CCCCC1. The number of ether oxygens (including phenoxy) is 1. The Bertz CT molecular complexity index is 153. The average Bonchev–Trinajstić information content (AvgIpc) is 2.19. The Morgan fingerprint density at radius 2 is 2.08 bits per heavy atom. The van der Waals surface area contributed by atoms with Crippen LogP contribution < -0.4 is 0 Å². The largest absolute Gasteiger partial charge is 0.461 e. The topological polar surface area (TPSA) is 26.3 Å². The molecule has 1 saturated carbocycles. The first-order chi connectivity index (χ1) is 6.33. The van der Waals surface area contributed by atoms with Gasteiger partial charge >= 0.3 is 5.30 Å². The zero-order valence-electron chi connectivity index (χ0n) is 8.25. The third-order valence-corrected chi connectivity index (χ3v) is 3.48. The predicted octanol–water partition coefficient (Wildman–Crippen LogP) is 3.46. The first-order valence-corrected chi connectivity index (χ1v) is 6.02. The number of carbonyl (C=O) groups excluding carboxylic acids is 1. The molecular formula is C10H18O2S. The summed E-state index contributed by atoms with van der Waals surface area (Å²) in [5.41, 5.74) is 0. The standard InChI is InChI=1S/C10H18O2S/c1-12-10(11)13-8-7-9-5-3-2-4-6-9/h9H,2-8H2,1H3. The fourth-order valence-electron chi connectivity index (χ4n) is 1.84. The maximum atomic E-state index is 10.8. The van der Waals surface area contributed by atoms with Gasteiger partial charge in [0.05, 0.1) is 7.11 Å². The molecule has 0 aromatic carbocycles. The van der Waals surface area contributed by atoms with Gasteiger partial charge in [0.15, 0.2) is 0 Å². The van der Waals surface area contributed by atoms with Crippen LogP contribution in [0.15, 0.2) is 0 Å². The van der Waals surface area contributed by atoms with Crippen molar-refractivity contribution >= 4 is 17.1 Å². The van der Waals surface area contributed by atoms with Crippen LogP contribution in [0, 0.1) is 5.92 Å². The van der Waals surface area contributed by atoms with Gasteiger partial charge in [0.2, 0.25) is 0 Å². The second-order valence-electron chi connectivity index (χ2n) is 3.60. The highest BCUT2D eigenvalue weighted by Crippen LogP contribution is 2.27. The van der Waals surface area contributed by atoms with Crippen molar-refractivity contribution < 1.29 is 9.53 Å². The van der Waals surface area contributed by atoms with Gasteiger partial charge in [0.25, 0.3) is 0 Å². The molecule has 0 heterocycles. The molecule has 0 saturated heterocycles. The van der Waals surface area contributed by atoms with Crippen LogP contribution in [0.5, 0.6) is 0 Å². The lowest BCUT2D eigenvalue weighted by atomic mass is 9.88. The Balaban J connectivity index is 2.01. The quantitative estimate of drug-likeness (QED) is 0.656. The molecule has 0 spiro atoms. The van der Waals surface area contributed by atoms with Crippen molar-refractivity contribution in [1.82, 2.24) is 0 Å². The van der Waals surface area contributed by atoms with Gasteiger partial charge in [0, 0.05) is 5.75 Å². The number of methoxy groups -OCH3 is 1. The molecule has 0 N–H and O–H groups in total. The lowest BCUT2D eigenvalue weighted by molar-refractivity contribution is 0.200. The van der Waals surface area contributed by atoms with E-state index >= 15 is 0 Å². The summed E-state index contributed by atoms with van der Waals surface area (Å²) in [6.07, 6.45) is 8.07. The van der Waals surface area contributed by atoms with E-state index in [1.165, 1.54) is 57.4 Å². The summed E-state index contributed by atoms with van der Waals surface area (Å²) in [6.45, 7) is 0. The van der Waals surface area contributed by atoms with Crippen LogP contribution in [-0.4, -0.2) is 18.2 Å². The van der Waals surface area contributed by atoms with Crippen molar-refractivity contribution in [2.24, 2.45) is 5.92 Å². The van der Waals surface area contributed by atoms with Crippen molar-refractivity contribution in [2.45, 2.75) is 38.5 Å². The number of thioether (sulfide) groups is 1. The summed E-state index contributed by atoms with van der Waals surface area (Å²) in [5, 5.41) is -0.143. The van der Waals surface area contributed by atoms with Crippen LogP contribution in [0.25, 0.3) is 0 Å². The van der Waals surface area contributed by atoms with E-state index in [0.29, 0.717) is 0 Å². The van der Waals surface area contributed by atoms with Crippen molar-refractivity contribution in [3.63, 3.8) is 0 Å². The predicted molar refractivity (Wildman–Crippen MR) is 56.1 cm³/mol. The number of hydrogen-bond acceptors (Lipinski definition) is 3. The molecule has 0 bridgehead atoms. The van der Waals surface area contributed by atoms with Crippen molar-refractivity contribution in [3.05, 3.63) is 0 Å². The van der Waals surface area contributed by atoms with Gasteiger partial charge in [0.1, 0.15) is 0 Å². The van der Waals surface area contributed by atoms with E-state index in [2.05, 4.69) is 4.74 Å². The van der Waals surface area contributed by atoms with E-state index in [1.807, 2.05) is 0 Å². The fourth-order valence-corrected chi connectivity index (χ4v) is 2.58. The summed E-state index contributed by atoms with van der Waals surface area (Å²) in [4.78, 5) is 10.8. The minimum absolute atomic E-state index is 0.143. The van der Waals surface area contributed by atoms with Gasteiger partial charge in [-0.2, -0.15) is 0 Å². The third kappa shape index (κ3) is 4.55. The second-order valence-corrected chi connectivity index (χ2v) is 4.63. The van der Waals surface area contributed by atoms with Gasteiger partial charge in [-0.1, -0.05) is 32.1 Å². The smallest absolute Gasteiger partial charge is 0.367 e. The van der Waals surface area contributed by atoms with Crippen LogP contribution in [0.1, 0.15) is 38.5 Å². The summed E-state index contributed by atoms with van der Waals surface area (Å²) >= 11 is 1.31. The van der Waals surface area contributed by atoms with Gasteiger partial charge in [-0.3, -0.25) is 0 Å². The van der Waals surface area contributed by atoms with Crippen molar-refractivity contribution in [2.75, 3.05) is 12.9 Å². The van der Waals surface area contributed by atoms with Gasteiger partial charge in [-0.05, 0) is 24.1 Å². The Hall–Kier alpha value is -0.180. The van der Waals surface area contributed by atoms with Crippen LogP contribution in [-0.2, 0) is 4.74 Å². The highest BCUT2D eigenvalue weighted by atomic mass is 32.2. The summed E-state index contributed by atoms with van der Waals surface area (Å²) < 4.78 is 4.56. The molecule has 1 fully saturated rings. The molecule has 0 radical (unpaired) electrons. The Morgan fingerprint density at radius 3 is 2.69 bits per heavy atom. The molecule has 3 heteroatoms. The van der Waals surface area contributed by atoms with Crippen LogP contribution >= 0.6 is 11.8 Å². The van der Waals surface area contributed by atoms with Crippen LogP contribution in [0.4, 0.5) is 4.79 Å². The first-order valence-electron chi connectivity index (χ1n) is 5.03. The molecule has 0 aromatic heterocycles. The highest BCUT2D eigenvalue weighted by Gasteiger charge is 2.13. The molecule has 0 aliphatic heterocycles. The Kier molecular flexibility index (Phi) is 5.28. The third-order valence-electron chi connectivity index (χ3n) is 2.64. The zero-order chi connectivity index (χ0) is 9.52. The number of rotatable bonds is 3. The van der Waals surface area contributed by atoms with Gasteiger partial charge in [-0.15, -0.1) is 0 Å². The Labute approximate surface area is 84.4 Å². The van der Waals surface area contributed by atoms with E-state index < -0.39 is 0 Å².